The molecule has 1 saturated carbocycles. The predicted molar refractivity (Wildman–Crippen MR) is 128 cm³/mol. The summed E-state index contributed by atoms with van der Waals surface area (Å²) in [6.45, 7) is 4.02. The molecule has 180 valence electrons. The molecule has 0 amide bonds. The fourth-order valence-corrected chi connectivity index (χ4v) is 4.04. The summed E-state index contributed by atoms with van der Waals surface area (Å²) in [7, 11) is 0. The SMILES string of the molecule is CCC(C)Oc1ccc(Nc2ncc(C(F)(F)F)c(Nc3ccc(C4CCCC4)cc3)n2)cc1. The summed E-state index contributed by atoms with van der Waals surface area (Å²) in [5.41, 5.74) is 1.49. The highest BCUT2D eigenvalue weighted by Gasteiger charge is 2.35. The Morgan fingerprint density at radius 1 is 0.971 bits per heavy atom. The van der Waals surface area contributed by atoms with Gasteiger partial charge in [-0.2, -0.15) is 18.2 Å². The smallest absolute Gasteiger partial charge is 0.421 e. The number of ether oxygens (including phenoxy) is 1. The number of hydrogen-bond acceptors (Lipinski definition) is 5. The molecule has 1 aliphatic carbocycles. The van der Waals surface area contributed by atoms with E-state index < -0.39 is 11.7 Å². The molecule has 0 saturated heterocycles. The molecule has 0 spiro atoms. The zero-order valence-corrected chi connectivity index (χ0v) is 19.3. The van der Waals surface area contributed by atoms with Gasteiger partial charge in [-0.25, -0.2) is 4.98 Å². The lowest BCUT2D eigenvalue weighted by atomic mass is 9.97. The van der Waals surface area contributed by atoms with Crippen molar-refractivity contribution < 1.29 is 17.9 Å². The summed E-state index contributed by atoms with van der Waals surface area (Å²) in [5.74, 6) is 1.03. The minimum Gasteiger partial charge on any atom is -0.491 e. The van der Waals surface area contributed by atoms with Gasteiger partial charge in [-0.3, -0.25) is 0 Å². The van der Waals surface area contributed by atoms with Crippen LogP contribution in [-0.2, 0) is 6.18 Å². The van der Waals surface area contributed by atoms with Gasteiger partial charge in [0.15, 0.2) is 0 Å². The van der Waals surface area contributed by atoms with Crippen molar-refractivity contribution in [2.24, 2.45) is 0 Å². The van der Waals surface area contributed by atoms with E-state index in [1.165, 1.54) is 18.4 Å². The van der Waals surface area contributed by atoms with Crippen molar-refractivity contribution in [3.05, 3.63) is 65.9 Å². The Morgan fingerprint density at radius 3 is 2.21 bits per heavy atom. The minimum absolute atomic E-state index is 0.0636. The van der Waals surface area contributed by atoms with Gasteiger partial charge in [0.1, 0.15) is 17.1 Å². The Labute approximate surface area is 197 Å². The molecule has 3 aromatic rings. The second kappa shape index (κ2) is 10.3. The zero-order valence-electron chi connectivity index (χ0n) is 19.3. The van der Waals surface area contributed by atoms with Gasteiger partial charge in [0.05, 0.1) is 6.10 Å². The number of aromatic nitrogens is 2. The molecule has 5 nitrogen and oxygen atoms in total. The number of rotatable bonds is 8. The van der Waals surface area contributed by atoms with Gasteiger partial charge in [-0.15, -0.1) is 0 Å². The maximum absolute atomic E-state index is 13.6. The molecule has 0 radical (unpaired) electrons. The number of hydrogen-bond donors (Lipinski definition) is 2. The van der Waals surface area contributed by atoms with E-state index in [9.17, 15) is 13.2 Å². The first-order valence-electron chi connectivity index (χ1n) is 11.7. The quantitative estimate of drug-likeness (QED) is 0.351. The molecular weight excluding hydrogens is 441 g/mol. The number of benzene rings is 2. The van der Waals surface area contributed by atoms with Crippen LogP contribution in [0.5, 0.6) is 5.75 Å². The molecular formula is C26H29F3N4O. The lowest BCUT2D eigenvalue weighted by Crippen LogP contribution is -2.12. The van der Waals surface area contributed by atoms with Gasteiger partial charge in [-0.05, 0) is 74.1 Å². The van der Waals surface area contributed by atoms with Crippen molar-refractivity contribution >= 4 is 23.1 Å². The van der Waals surface area contributed by atoms with Crippen molar-refractivity contribution in [2.45, 2.75) is 64.1 Å². The predicted octanol–water partition coefficient (Wildman–Crippen LogP) is 7.82. The van der Waals surface area contributed by atoms with Crippen molar-refractivity contribution in [2.75, 3.05) is 10.6 Å². The molecule has 34 heavy (non-hydrogen) atoms. The normalized spacial score (nSPS) is 15.2. The summed E-state index contributed by atoms with van der Waals surface area (Å²) in [6.07, 6.45) is 1.97. The summed E-state index contributed by atoms with van der Waals surface area (Å²) in [5, 5.41) is 5.79. The maximum atomic E-state index is 13.6. The van der Waals surface area contributed by atoms with E-state index in [0.717, 1.165) is 31.2 Å². The Morgan fingerprint density at radius 2 is 1.59 bits per heavy atom. The van der Waals surface area contributed by atoms with E-state index in [4.69, 9.17) is 4.74 Å². The minimum atomic E-state index is -4.58. The van der Waals surface area contributed by atoms with E-state index in [1.807, 2.05) is 26.0 Å². The van der Waals surface area contributed by atoms with Crippen molar-refractivity contribution in [3.8, 4) is 5.75 Å². The third-order valence-corrected chi connectivity index (χ3v) is 6.12. The van der Waals surface area contributed by atoms with Crippen LogP contribution in [0, 0.1) is 0 Å². The van der Waals surface area contributed by atoms with Crippen LogP contribution in [0.2, 0.25) is 0 Å². The summed E-state index contributed by atoms with van der Waals surface area (Å²) < 4.78 is 46.6. The average molecular weight is 471 g/mol. The van der Waals surface area contributed by atoms with E-state index in [1.54, 1.807) is 36.4 Å². The van der Waals surface area contributed by atoms with Gasteiger partial charge >= 0.3 is 6.18 Å². The summed E-state index contributed by atoms with van der Waals surface area (Å²) in [4.78, 5) is 8.01. The van der Waals surface area contributed by atoms with Crippen LogP contribution in [-0.4, -0.2) is 16.1 Å². The Kier molecular flexibility index (Phi) is 7.24. The van der Waals surface area contributed by atoms with Crippen LogP contribution in [0.4, 0.5) is 36.3 Å². The van der Waals surface area contributed by atoms with Crippen LogP contribution >= 0.6 is 0 Å². The second-order valence-corrected chi connectivity index (χ2v) is 8.67. The first-order chi connectivity index (χ1) is 16.3. The highest BCUT2D eigenvalue weighted by Crippen LogP contribution is 2.37. The Balaban J connectivity index is 1.52. The van der Waals surface area contributed by atoms with Crippen LogP contribution in [0.1, 0.15) is 63.0 Å². The maximum Gasteiger partial charge on any atom is 0.421 e. The number of anilines is 4. The molecule has 0 bridgehead atoms. The van der Waals surface area contributed by atoms with Crippen LogP contribution in [0.15, 0.2) is 54.7 Å². The van der Waals surface area contributed by atoms with Crippen LogP contribution in [0.25, 0.3) is 0 Å². The van der Waals surface area contributed by atoms with E-state index in [0.29, 0.717) is 17.3 Å². The lowest BCUT2D eigenvalue weighted by Gasteiger charge is -2.16. The monoisotopic (exact) mass is 470 g/mol. The van der Waals surface area contributed by atoms with Gasteiger partial charge in [0.25, 0.3) is 0 Å². The van der Waals surface area contributed by atoms with Crippen molar-refractivity contribution in [1.29, 1.82) is 0 Å². The first-order valence-corrected chi connectivity index (χ1v) is 11.7. The molecule has 1 heterocycles. The summed E-state index contributed by atoms with van der Waals surface area (Å²) in [6, 6.07) is 14.7. The molecule has 1 aromatic heterocycles. The summed E-state index contributed by atoms with van der Waals surface area (Å²) >= 11 is 0. The van der Waals surface area contributed by atoms with Gasteiger partial charge in [0.2, 0.25) is 5.95 Å². The standard InChI is InChI=1S/C26H29F3N4O/c1-3-17(2)34-22-14-12-21(13-15-22)32-25-30-16-23(26(27,28)29)24(33-25)31-20-10-8-19(9-11-20)18-6-4-5-7-18/h8-18H,3-7H2,1-2H3,(H2,30,31,32,33). The van der Waals surface area contributed by atoms with Crippen LogP contribution in [0.3, 0.4) is 0 Å². The van der Waals surface area contributed by atoms with E-state index in [2.05, 4.69) is 20.6 Å². The molecule has 4 rings (SSSR count). The highest BCUT2D eigenvalue weighted by atomic mass is 19.4. The molecule has 1 fully saturated rings. The molecule has 1 aliphatic rings. The highest BCUT2D eigenvalue weighted by molar-refractivity contribution is 5.63. The van der Waals surface area contributed by atoms with E-state index in [-0.39, 0.29) is 17.9 Å². The van der Waals surface area contributed by atoms with Gasteiger partial charge < -0.3 is 15.4 Å². The van der Waals surface area contributed by atoms with Crippen LogP contribution < -0.4 is 15.4 Å². The van der Waals surface area contributed by atoms with Crippen molar-refractivity contribution in [3.63, 3.8) is 0 Å². The van der Waals surface area contributed by atoms with E-state index >= 15 is 0 Å². The molecule has 8 heteroatoms. The lowest BCUT2D eigenvalue weighted by molar-refractivity contribution is -0.137. The zero-order chi connectivity index (χ0) is 24.1. The van der Waals surface area contributed by atoms with Gasteiger partial charge in [0, 0.05) is 17.6 Å². The molecule has 2 aromatic carbocycles. The van der Waals surface area contributed by atoms with Gasteiger partial charge in [-0.1, -0.05) is 31.9 Å². The average Bonchev–Trinajstić information content (AvgIpc) is 3.35. The Bertz CT molecular complexity index is 1080. The Hall–Kier alpha value is -3.29. The number of alkyl halides is 3. The molecule has 1 unspecified atom stereocenters. The number of halogens is 3. The fraction of sp³-hybridized carbons (Fsp3) is 0.385. The largest absolute Gasteiger partial charge is 0.491 e. The second-order valence-electron chi connectivity index (χ2n) is 8.67. The fourth-order valence-electron chi connectivity index (χ4n) is 4.04. The first kappa shape index (κ1) is 23.9. The van der Waals surface area contributed by atoms with Crippen molar-refractivity contribution in [1.82, 2.24) is 9.97 Å². The third kappa shape index (κ3) is 5.98. The molecule has 0 aliphatic heterocycles. The third-order valence-electron chi connectivity index (χ3n) is 6.12. The number of nitrogens with zero attached hydrogens (tertiary/aromatic N) is 2. The number of nitrogens with one attached hydrogen (secondary N) is 2. The topological polar surface area (TPSA) is 59.1 Å². The molecule has 1 atom stereocenters. The molecule has 2 N–H and O–H groups in total.